The van der Waals surface area contributed by atoms with Gasteiger partial charge >= 0.3 is 0 Å². The lowest BCUT2D eigenvalue weighted by Crippen LogP contribution is -2.47. The Balaban J connectivity index is 1.34. The number of halogens is 1. The van der Waals surface area contributed by atoms with E-state index >= 15 is 0 Å². The first kappa shape index (κ1) is 19.6. The molecule has 5 heteroatoms. The summed E-state index contributed by atoms with van der Waals surface area (Å²) in [7, 11) is 0. The van der Waals surface area contributed by atoms with E-state index in [9.17, 15) is 9.18 Å². The van der Waals surface area contributed by atoms with Gasteiger partial charge in [-0.3, -0.25) is 9.69 Å². The number of benzene rings is 2. The summed E-state index contributed by atoms with van der Waals surface area (Å²) in [6, 6.07) is 17.0. The van der Waals surface area contributed by atoms with Gasteiger partial charge in [0.05, 0.1) is 0 Å². The van der Waals surface area contributed by atoms with Crippen molar-refractivity contribution >= 4 is 17.2 Å². The van der Waals surface area contributed by atoms with Gasteiger partial charge in [0.1, 0.15) is 17.2 Å². The Bertz CT molecular complexity index is 1080. The molecule has 0 N–H and O–H groups in total. The lowest BCUT2D eigenvalue weighted by molar-refractivity contribution is -0.110. The number of allylic oxidation sites excluding steroid dienone is 2. The van der Waals surface area contributed by atoms with E-state index in [2.05, 4.69) is 28.0 Å². The molecule has 0 unspecified atom stereocenters. The topological polar surface area (TPSA) is 35.9 Å². The Kier molecular flexibility index (Phi) is 5.12. The van der Waals surface area contributed by atoms with E-state index in [1.807, 2.05) is 42.5 Å². The molecule has 0 bridgehead atoms. The Morgan fingerprint density at radius 2 is 1.58 bits per heavy atom. The molecule has 5 rings (SSSR count). The highest BCUT2D eigenvalue weighted by molar-refractivity contribution is 6.09. The minimum Gasteiger partial charge on any atom is -0.354 e. The molecular formula is C26H24FN3O. The number of nitrogens with zero attached hydrogens (tertiary/aromatic N) is 3. The van der Waals surface area contributed by atoms with E-state index < -0.39 is 5.54 Å². The van der Waals surface area contributed by atoms with Gasteiger partial charge in [-0.15, -0.1) is 0 Å². The summed E-state index contributed by atoms with van der Waals surface area (Å²) in [4.78, 5) is 21.5. The van der Waals surface area contributed by atoms with Crippen molar-refractivity contribution in [3.8, 4) is 0 Å². The molecule has 1 aliphatic carbocycles. The Morgan fingerprint density at radius 1 is 0.903 bits per heavy atom. The van der Waals surface area contributed by atoms with Crippen LogP contribution in [0.15, 0.2) is 90.0 Å². The highest BCUT2D eigenvalue weighted by atomic mass is 19.1. The van der Waals surface area contributed by atoms with E-state index in [-0.39, 0.29) is 11.6 Å². The van der Waals surface area contributed by atoms with Crippen LogP contribution < -0.4 is 0 Å². The molecule has 2 aromatic rings. The maximum Gasteiger partial charge on any atom is 0.178 e. The maximum atomic E-state index is 13.1. The van der Waals surface area contributed by atoms with Gasteiger partial charge in [0.2, 0.25) is 0 Å². The molecule has 4 nitrogen and oxygen atoms in total. The lowest BCUT2D eigenvalue weighted by Gasteiger charge is -2.35. The average Bonchev–Trinajstić information content (AvgIpc) is 3.18. The van der Waals surface area contributed by atoms with Crippen LogP contribution in [0, 0.1) is 5.82 Å². The number of aliphatic imine (C=N–C) groups is 1. The fraction of sp³-hybridized carbons (Fsp3) is 0.231. The van der Waals surface area contributed by atoms with E-state index in [0.717, 1.165) is 55.3 Å². The molecule has 1 saturated heterocycles. The van der Waals surface area contributed by atoms with Crippen LogP contribution in [0.4, 0.5) is 4.39 Å². The highest BCUT2D eigenvalue weighted by Gasteiger charge is 2.37. The van der Waals surface area contributed by atoms with Gasteiger partial charge in [-0.1, -0.05) is 42.5 Å². The number of rotatable bonds is 3. The molecule has 2 aromatic carbocycles. The largest absolute Gasteiger partial charge is 0.354 e. The molecule has 0 radical (unpaired) electrons. The summed E-state index contributed by atoms with van der Waals surface area (Å²) in [6.07, 6.45) is 9.21. The second-order valence-corrected chi connectivity index (χ2v) is 8.18. The van der Waals surface area contributed by atoms with Gasteiger partial charge in [-0.2, -0.15) is 0 Å². The van der Waals surface area contributed by atoms with Crippen molar-refractivity contribution in [3.63, 3.8) is 0 Å². The molecule has 0 amide bonds. The number of hydrogen-bond donors (Lipinski definition) is 0. The van der Waals surface area contributed by atoms with Crippen LogP contribution in [0.3, 0.4) is 0 Å². The summed E-state index contributed by atoms with van der Waals surface area (Å²) < 4.78 is 13.1. The third-order valence-electron chi connectivity index (χ3n) is 6.11. The molecule has 0 atom stereocenters. The summed E-state index contributed by atoms with van der Waals surface area (Å²) in [5.41, 5.74) is 2.72. The van der Waals surface area contributed by atoms with Crippen LogP contribution in [0.5, 0.6) is 0 Å². The molecule has 1 spiro atoms. The van der Waals surface area contributed by atoms with E-state index in [1.165, 1.54) is 12.1 Å². The molecule has 2 heterocycles. The SMILES string of the molecule is O=C1C=CC2(C=C1)N=C(N1CCN(Cc3ccc(F)cc3)CC1)C=C2c1ccccc1. The number of carbonyl (C=O) groups is 1. The van der Waals surface area contributed by atoms with E-state index in [1.54, 1.807) is 12.2 Å². The first-order valence-electron chi connectivity index (χ1n) is 10.6. The average molecular weight is 413 g/mol. The van der Waals surface area contributed by atoms with Crippen molar-refractivity contribution in [2.75, 3.05) is 26.2 Å². The molecule has 1 fully saturated rings. The Labute approximate surface area is 181 Å². The first-order chi connectivity index (χ1) is 15.1. The standard InChI is InChI=1S/C26H24FN3O/c27-22-8-6-20(7-9-22)19-29-14-16-30(17-15-29)25-18-24(21-4-2-1-3-5-21)26(28-25)12-10-23(31)11-13-26/h1-13,18H,14-17,19H2. The van der Waals surface area contributed by atoms with Crippen molar-refractivity contribution in [2.24, 2.45) is 4.99 Å². The molecule has 31 heavy (non-hydrogen) atoms. The van der Waals surface area contributed by atoms with Gasteiger partial charge in [0.25, 0.3) is 0 Å². The zero-order chi connectivity index (χ0) is 21.3. The van der Waals surface area contributed by atoms with Crippen molar-refractivity contribution < 1.29 is 9.18 Å². The third-order valence-corrected chi connectivity index (χ3v) is 6.11. The Morgan fingerprint density at radius 3 is 2.26 bits per heavy atom. The fourth-order valence-electron chi connectivity index (χ4n) is 4.39. The maximum absolute atomic E-state index is 13.1. The predicted molar refractivity (Wildman–Crippen MR) is 121 cm³/mol. The molecule has 2 aliphatic heterocycles. The van der Waals surface area contributed by atoms with E-state index in [4.69, 9.17) is 4.99 Å². The van der Waals surface area contributed by atoms with Crippen molar-refractivity contribution in [1.82, 2.24) is 9.80 Å². The summed E-state index contributed by atoms with van der Waals surface area (Å²) >= 11 is 0. The predicted octanol–water partition coefficient (Wildman–Crippen LogP) is 3.87. The number of carbonyl (C=O) groups excluding carboxylic acids is 1. The number of ketones is 1. The lowest BCUT2D eigenvalue weighted by atomic mass is 9.83. The smallest absolute Gasteiger partial charge is 0.178 e. The number of piperazine rings is 1. The van der Waals surface area contributed by atoms with Crippen LogP contribution in [0.25, 0.3) is 5.57 Å². The molecule has 156 valence electrons. The van der Waals surface area contributed by atoms with Crippen LogP contribution in [0.1, 0.15) is 11.1 Å². The normalized spacial score (nSPS) is 20.3. The molecule has 0 aromatic heterocycles. The second-order valence-electron chi connectivity index (χ2n) is 8.18. The second kappa shape index (κ2) is 8.08. The van der Waals surface area contributed by atoms with Gasteiger partial charge < -0.3 is 4.90 Å². The summed E-state index contributed by atoms with van der Waals surface area (Å²) in [5, 5.41) is 0. The van der Waals surface area contributed by atoms with Gasteiger partial charge in [-0.05, 0) is 59.2 Å². The van der Waals surface area contributed by atoms with Crippen molar-refractivity contribution in [3.05, 3.63) is 102 Å². The zero-order valence-corrected chi connectivity index (χ0v) is 17.2. The third kappa shape index (κ3) is 4.01. The zero-order valence-electron chi connectivity index (χ0n) is 17.2. The number of amidine groups is 1. The van der Waals surface area contributed by atoms with Crippen LogP contribution in [-0.4, -0.2) is 53.1 Å². The first-order valence-corrected chi connectivity index (χ1v) is 10.6. The minimum atomic E-state index is -0.615. The monoisotopic (exact) mass is 413 g/mol. The molecular weight excluding hydrogens is 389 g/mol. The number of hydrogen-bond acceptors (Lipinski definition) is 4. The highest BCUT2D eigenvalue weighted by Crippen LogP contribution is 2.39. The van der Waals surface area contributed by atoms with E-state index in [0.29, 0.717) is 0 Å². The molecule has 3 aliphatic rings. The molecule has 0 saturated carbocycles. The van der Waals surface area contributed by atoms with Crippen LogP contribution in [0.2, 0.25) is 0 Å². The fourth-order valence-corrected chi connectivity index (χ4v) is 4.39. The Hall–Kier alpha value is -3.31. The van der Waals surface area contributed by atoms with Gasteiger partial charge in [0.15, 0.2) is 5.78 Å². The van der Waals surface area contributed by atoms with Gasteiger partial charge in [0, 0.05) is 32.7 Å². The quantitative estimate of drug-likeness (QED) is 0.766. The van der Waals surface area contributed by atoms with Crippen molar-refractivity contribution in [2.45, 2.75) is 12.1 Å². The van der Waals surface area contributed by atoms with Gasteiger partial charge in [-0.25, -0.2) is 9.38 Å². The summed E-state index contributed by atoms with van der Waals surface area (Å²) in [6.45, 7) is 4.41. The van der Waals surface area contributed by atoms with Crippen LogP contribution >= 0.6 is 0 Å². The summed E-state index contributed by atoms with van der Waals surface area (Å²) in [5.74, 6) is 0.760. The van der Waals surface area contributed by atoms with Crippen LogP contribution in [-0.2, 0) is 11.3 Å². The minimum absolute atomic E-state index is 0.00362. The van der Waals surface area contributed by atoms with Crippen molar-refractivity contribution in [1.29, 1.82) is 0 Å².